The van der Waals surface area contributed by atoms with Crippen molar-refractivity contribution in [2.75, 3.05) is 6.54 Å². The topological polar surface area (TPSA) is 92.7 Å². The van der Waals surface area contributed by atoms with E-state index in [9.17, 15) is 9.59 Å². The number of amides is 1. The van der Waals surface area contributed by atoms with E-state index < -0.39 is 5.91 Å². The number of nitrogens with one attached hydrogen (secondary N) is 2. The fourth-order valence-corrected chi connectivity index (χ4v) is 1.63. The van der Waals surface area contributed by atoms with Gasteiger partial charge in [-0.1, -0.05) is 0 Å². The number of hydrogen-bond acceptors (Lipinski definition) is 4. The van der Waals surface area contributed by atoms with Crippen molar-refractivity contribution in [3.05, 3.63) is 45.9 Å². The average molecular weight is 261 g/mol. The van der Waals surface area contributed by atoms with Crippen LogP contribution in [0, 0.1) is 6.92 Å². The monoisotopic (exact) mass is 261 g/mol. The van der Waals surface area contributed by atoms with E-state index in [4.69, 9.17) is 0 Å². The Balaban J connectivity index is 1.92. The van der Waals surface area contributed by atoms with Crippen molar-refractivity contribution < 1.29 is 4.79 Å². The molecule has 0 saturated heterocycles. The summed E-state index contributed by atoms with van der Waals surface area (Å²) in [5, 5.41) is 6.76. The minimum atomic E-state index is -0.391. The standard InChI is InChI=1S/C12H15N5O2/c1-8-5-10(18)9(6-14-8)12(19)13-4-3-11-15-7-17(2)16-11/h5-7H,3-4H2,1-2H3,(H,13,19)(H,14,18). The first-order valence-electron chi connectivity index (χ1n) is 5.88. The summed E-state index contributed by atoms with van der Waals surface area (Å²) < 4.78 is 1.60. The highest BCUT2D eigenvalue weighted by atomic mass is 16.2. The number of nitrogens with zero attached hydrogens (tertiary/aromatic N) is 3. The Kier molecular flexibility index (Phi) is 3.74. The maximum Gasteiger partial charge on any atom is 0.256 e. The summed E-state index contributed by atoms with van der Waals surface area (Å²) in [4.78, 5) is 30.3. The Hall–Kier alpha value is -2.44. The van der Waals surface area contributed by atoms with Crippen molar-refractivity contribution in [3.63, 3.8) is 0 Å². The molecule has 0 aromatic carbocycles. The van der Waals surface area contributed by atoms with Crippen LogP contribution in [0.1, 0.15) is 21.9 Å². The maximum atomic E-state index is 11.8. The molecule has 0 spiro atoms. The molecule has 2 rings (SSSR count). The number of carbonyl (C=O) groups is 1. The van der Waals surface area contributed by atoms with Crippen LogP contribution >= 0.6 is 0 Å². The highest BCUT2D eigenvalue weighted by molar-refractivity contribution is 5.93. The van der Waals surface area contributed by atoms with Gasteiger partial charge < -0.3 is 10.3 Å². The third-order valence-corrected chi connectivity index (χ3v) is 2.58. The number of hydrogen-bond donors (Lipinski definition) is 2. The minimum Gasteiger partial charge on any atom is -0.364 e. The van der Waals surface area contributed by atoms with E-state index in [2.05, 4.69) is 20.4 Å². The second-order valence-corrected chi connectivity index (χ2v) is 4.23. The molecule has 2 aromatic heterocycles. The van der Waals surface area contributed by atoms with Crippen molar-refractivity contribution in [3.8, 4) is 0 Å². The highest BCUT2D eigenvalue weighted by Crippen LogP contribution is 1.93. The predicted octanol–water partition coefficient (Wildman–Crippen LogP) is -0.216. The second-order valence-electron chi connectivity index (χ2n) is 4.23. The van der Waals surface area contributed by atoms with E-state index in [-0.39, 0.29) is 11.0 Å². The first-order chi connectivity index (χ1) is 9.06. The second kappa shape index (κ2) is 5.47. The number of aromatic nitrogens is 4. The third kappa shape index (κ3) is 3.27. The lowest BCUT2D eigenvalue weighted by molar-refractivity contribution is 0.0952. The first-order valence-corrected chi connectivity index (χ1v) is 5.88. The van der Waals surface area contributed by atoms with Gasteiger partial charge in [0.15, 0.2) is 11.3 Å². The van der Waals surface area contributed by atoms with Crippen LogP contribution in [0.4, 0.5) is 0 Å². The molecule has 0 radical (unpaired) electrons. The Labute approximate surface area is 109 Å². The molecule has 2 aromatic rings. The van der Waals surface area contributed by atoms with Gasteiger partial charge in [0.2, 0.25) is 0 Å². The van der Waals surface area contributed by atoms with Gasteiger partial charge in [-0.3, -0.25) is 14.3 Å². The maximum absolute atomic E-state index is 11.8. The van der Waals surface area contributed by atoms with Crippen molar-refractivity contribution in [2.24, 2.45) is 7.05 Å². The average Bonchev–Trinajstić information content (AvgIpc) is 2.75. The van der Waals surface area contributed by atoms with Crippen LogP contribution in [-0.2, 0) is 13.5 Å². The van der Waals surface area contributed by atoms with Gasteiger partial charge in [0.05, 0.1) is 0 Å². The SMILES string of the molecule is Cc1cc(=O)c(C(=O)NCCc2ncn(C)n2)c[nH]1. The quantitative estimate of drug-likeness (QED) is 0.796. The molecule has 2 N–H and O–H groups in total. The molecule has 0 bridgehead atoms. The van der Waals surface area contributed by atoms with Crippen molar-refractivity contribution in [2.45, 2.75) is 13.3 Å². The third-order valence-electron chi connectivity index (χ3n) is 2.58. The molecular weight excluding hydrogens is 246 g/mol. The zero-order valence-electron chi connectivity index (χ0n) is 10.8. The van der Waals surface area contributed by atoms with Crippen molar-refractivity contribution in [1.29, 1.82) is 0 Å². The summed E-state index contributed by atoms with van der Waals surface area (Å²) in [6, 6.07) is 1.40. The largest absolute Gasteiger partial charge is 0.364 e. The van der Waals surface area contributed by atoms with Crippen LogP contribution < -0.4 is 10.7 Å². The highest BCUT2D eigenvalue weighted by Gasteiger charge is 2.09. The molecule has 0 fully saturated rings. The molecule has 1 amide bonds. The van der Waals surface area contributed by atoms with Crippen molar-refractivity contribution in [1.82, 2.24) is 25.1 Å². The van der Waals surface area contributed by atoms with Crippen LogP contribution in [0.25, 0.3) is 0 Å². The molecule has 0 aliphatic carbocycles. The van der Waals surface area contributed by atoms with Gasteiger partial charge in [-0.05, 0) is 6.92 Å². The summed E-state index contributed by atoms with van der Waals surface area (Å²) in [6.45, 7) is 2.14. The molecule has 19 heavy (non-hydrogen) atoms. The van der Waals surface area contributed by atoms with Gasteiger partial charge in [-0.2, -0.15) is 5.10 Å². The van der Waals surface area contributed by atoms with Gasteiger partial charge in [0.25, 0.3) is 5.91 Å². The normalized spacial score (nSPS) is 10.4. The zero-order chi connectivity index (χ0) is 13.8. The minimum absolute atomic E-state index is 0.111. The molecule has 0 unspecified atom stereocenters. The molecule has 7 nitrogen and oxygen atoms in total. The number of H-pyrrole nitrogens is 1. The number of aryl methyl sites for hydroxylation is 2. The number of carbonyl (C=O) groups excluding carboxylic acids is 1. The lowest BCUT2D eigenvalue weighted by Gasteiger charge is -2.03. The Morgan fingerprint density at radius 2 is 2.32 bits per heavy atom. The predicted molar refractivity (Wildman–Crippen MR) is 68.8 cm³/mol. The van der Waals surface area contributed by atoms with E-state index in [0.717, 1.165) is 5.69 Å². The lowest BCUT2D eigenvalue weighted by Crippen LogP contribution is -2.30. The van der Waals surface area contributed by atoms with Crippen molar-refractivity contribution >= 4 is 5.91 Å². The Morgan fingerprint density at radius 1 is 1.53 bits per heavy atom. The van der Waals surface area contributed by atoms with Gasteiger partial charge in [-0.15, -0.1) is 0 Å². The molecule has 0 aliphatic rings. The number of aromatic amines is 1. The summed E-state index contributed by atoms with van der Waals surface area (Å²) in [6.07, 6.45) is 3.55. The van der Waals surface area contributed by atoms with E-state index >= 15 is 0 Å². The molecule has 7 heteroatoms. The summed E-state index contributed by atoms with van der Waals surface area (Å²) in [5.41, 5.74) is 0.545. The number of rotatable bonds is 4. The van der Waals surface area contributed by atoms with Crippen LogP contribution in [0.15, 0.2) is 23.4 Å². The molecule has 0 saturated carbocycles. The van der Waals surface area contributed by atoms with E-state index in [1.54, 1.807) is 25.0 Å². The zero-order valence-corrected chi connectivity index (χ0v) is 10.8. The Morgan fingerprint density at radius 3 is 2.95 bits per heavy atom. The molecular formula is C12H15N5O2. The van der Waals surface area contributed by atoms with Gasteiger partial charge in [0.1, 0.15) is 11.9 Å². The summed E-state index contributed by atoms with van der Waals surface area (Å²) in [7, 11) is 1.78. The fraction of sp³-hybridized carbons (Fsp3) is 0.333. The molecule has 100 valence electrons. The van der Waals surface area contributed by atoms with Crippen LogP contribution in [0.5, 0.6) is 0 Å². The molecule has 0 aliphatic heterocycles. The van der Waals surface area contributed by atoms with Gasteiger partial charge in [-0.25, -0.2) is 4.98 Å². The fourth-order valence-electron chi connectivity index (χ4n) is 1.63. The number of pyridine rings is 1. The van der Waals surface area contributed by atoms with Crippen LogP contribution in [-0.4, -0.2) is 32.2 Å². The molecule has 0 atom stereocenters. The Bertz CT molecular complexity index is 644. The van der Waals surface area contributed by atoms with E-state index in [0.29, 0.717) is 18.8 Å². The summed E-state index contributed by atoms with van der Waals surface area (Å²) in [5.74, 6) is 0.262. The first kappa shape index (κ1) is 13.0. The van der Waals surface area contributed by atoms with E-state index in [1.165, 1.54) is 12.3 Å². The summed E-state index contributed by atoms with van der Waals surface area (Å²) >= 11 is 0. The van der Waals surface area contributed by atoms with Crippen LogP contribution in [0.3, 0.4) is 0 Å². The smallest absolute Gasteiger partial charge is 0.256 e. The van der Waals surface area contributed by atoms with E-state index in [1.807, 2.05) is 0 Å². The van der Waals surface area contributed by atoms with Gasteiger partial charge in [0, 0.05) is 38.0 Å². The van der Waals surface area contributed by atoms with Crippen LogP contribution in [0.2, 0.25) is 0 Å². The lowest BCUT2D eigenvalue weighted by atomic mass is 10.2. The molecule has 2 heterocycles. The van der Waals surface area contributed by atoms with Gasteiger partial charge >= 0.3 is 0 Å².